The number of rotatable bonds is 4. The fourth-order valence-electron chi connectivity index (χ4n) is 4.67. The van der Waals surface area contributed by atoms with Crippen molar-refractivity contribution < 1.29 is 28.2 Å². The maximum absolute atomic E-state index is 15.0. The van der Waals surface area contributed by atoms with Crippen molar-refractivity contribution in [3.63, 3.8) is 0 Å². The van der Waals surface area contributed by atoms with Crippen molar-refractivity contribution in [2.45, 2.75) is 31.9 Å². The highest BCUT2D eigenvalue weighted by Crippen LogP contribution is 2.64. The maximum Gasteiger partial charge on any atom is 0.410 e. The minimum atomic E-state index is -0.499. The molecular weight excluding hydrogens is 369 g/mol. The number of hydrogen-bond donors (Lipinski definition) is 1. The summed E-state index contributed by atoms with van der Waals surface area (Å²) in [4.78, 5) is 38.1. The lowest BCUT2D eigenvalue weighted by atomic mass is 9.87. The smallest absolute Gasteiger partial charge is 0.410 e. The molecule has 4 atom stereocenters. The van der Waals surface area contributed by atoms with Crippen molar-refractivity contribution in [1.82, 2.24) is 15.1 Å². The molecule has 9 heteroatoms. The number of hydrogen-bond acceptors (Lipinski definition) is 5. The van der Waals surface area contributed by atoms with Crippen LogP contribution in [0.2, 0.25) is 0 Å². The molecule has 3 amide bonds. The van der Waals surface area contributed by atoms with E-state index in [4.69, 9.17) is 9.47 Å². The van der Waals surface area contributed by atoms with Gasteiger partial charge in [0.15, 0.2) is 0 Å². The van der Waals surface area contributed by atoms with Gasteiger partial charge < -0.3 is 19.7 Å². The Kier molecular flexibility index (Phi) is 4.55. The quantitative estimate of drug-likeness (QED) is 0.784. The average Bonchev–Trinajstić information content (AvgIpc) is 3.02. The number of ether oxygens (including phenoxy) is 2. The molecule has 2 heterocycles. The standard InChI is InChI=1S/C19H24FN3O5/c1-11(24)21-7-14-9-23(18(26)28-14)13-3-4-15(16(20)5-13)19-6-12(19)8-22(10-19)17(25)27-2/h4-5,12-14H,3,6-10H2,1-2H3,(H,21,24)/t12?,13?,14-,19?/m0/s1. The van der Waals surface area contributed by atoms with Crippen molar-refractivity contribution in [1.29, 1.82) is 0 Å². The van der Waals surface area contributed by atoms with E-state index in [1.165, 1.54) is 25.0 Å². The Labute approximate surface area is 162 Å². The third-order valence-electron chi connectivity index (χ3n) is 6.16. The molecule has 0 spiro atoms. The number of piperidine rings is 1. The van der Waals surface area contributed by atoms with Crippen LogP contribution in [0, 0.1) is 11.3 Å². The van der Waals surface area contributed by atoms with Gasteiger partial charge >= 0.3 is 12.2 Å². The fourth-order valence-corrected chi connectivity index (χ4v) is 4.67. The zero-order chi connectivity index (χ0) is 20.1. The van der Waals surface area contributed by atoms with Gasteiger partial charge in [-0.15, -0.1) is 0 Å². The van der Waals surface area contributed by atoms with Crippen molar-refractivity contribution in [2.75, 3.05) is 33.3 Å². The van der Waals surface area contributed by atoms with Gasteiger partial charge in [-0.1, -0.05) is 6.08 Å². The Morgan fingerprint density at radius 1 is 1.43 bits per heavy atom. The Morgan fingerprint density at radius 3 is 2.89 bits per heavy atom. The number of halogens is 1. The highest BCUT2D eigenvalue weighted by Gasteiger charge is 2.64. The minimum absolute atomic E-state index is 0.193. The van der Waals surface area contributed by atoms with Gasteiger partial charge in [-0.3, -0.25) is 9.69 Å². The SMILES string of the molecule is COC(=O)N1CC2CC2(C2=CCC(N3C[C@H](CNC(C)=O)OC3=O)C=C2F)C1. The normalized spacial score (nSPS) is 33.7. The van der Waals surface area contributed by atoms with Gasteiger partial charge in [-0.05, 0) is 30.4 Å². The van der Waals surface area contributed by atoms with Crippen LogP contribution in [0.25, 0.3) is 0 Å². The number of nitrogens with zero attached hydrogens (tertiary/aromatic N) is 2. The van der Waals surface area contributed by atoms with Gasteiger partial charge in [-0.25, -0.2) is 14.0 Å². The largest absolute Gasteiger partial charge is 0.453 e. The molecule has 3 unspecified atom stereocenters. The van der Waals surface area contributed by atoms with E-state index in [9.17, 15) is 18.8 Å². The van der Waals surface area contributed by atoms with Crippen LogP contribution in [0.5, 0.6) is 0 Å². The van der Waals surface area contributed by atoms with Crippen molar-refractivity contribution >= 4 is 18.1 Å². The summed E-state index contributed by atoms with van der Waals surface area (Å²) in [6.45, 7) is 3.00. The third kappa shape index (κ3) is 3.12. The average molecular weight is 393 g/mol. The molecule has 4 aliphatic rings. The Balaban J connectivity index is 1.40. The molecule has 0 bridgehead atoms. The molecule has 0 aromatic heterocycles. The van der Waals surface area contributed by atoms with Crippen LogP contribution in [0.3, 0.4) is 0 Å². The summed E-state index contributed by atoms with van der Waals surface area (Å²) in [5, 5.41) is 2.63. The number of cyclic esters (lactones) is 1. The number of carbonyl (C=O) groups is 3. The van der Waals surface area contributed by atoms with Crippen LogP contribution >= 0.6 is 0 Å². The number of carbonyl (C=O) groups excluding carboxylic acids is 3. The third-order valence-corrected chi connectivity index (χ3v) is 6.16. The van der Waals surface area contributed by atoms with Gasteiger partial charge in [0, 0.05) is 25.4 Å². The molecule has 152 valence electrons. The number of allylic oxidation sites excluding steroid dienone is 1. The fraction of sp³-hybridized carbons (Fsp3) is 0.632. The van der Waals surface area contributed by atoms with Crippen molar-refractivity contribution in [3.8, 4) is 0 Å². The van der Waals surface area contributed by atoms with E-state index in [0.717, 1.165) is 6.42 Å². The molecule has 8 nitrogen and oxygen atoms in total. The van der Waals surface area contributed by atoms with Crippen LogP contribution < -0.4 is 5.32 Å². The van der Waals surface area contributed by atoms with Gasteiger partial charge in [-0.2, -0.15) is 0 Å². The molecular formula is C19H24FN3O5. The van der Waals surface area contributed by atoms with Crippen LogP contribution in [0.4, 0.5) is 14.0 Å². The predicted molar refractivity (Wildman–Crippen MR) is 95.9 cm³/mol. The highest BCUT2D eigenvalue weighted by atomic mass is 19.1. The van der Waals surface area contributed by atoms with E-state index in [1.54, 1.807) is 4.90 Å². The second-order valence-corrected chi connectivity index (χ2v) is 7.94. The topological polar surface area (TPSA) is 88.2 Å². The minimum Gasteiger partial charge on any atom is -0.453 e. The van der Waals surface area contributed by atoms with E-state index in [2.05, 4.69) is 5.32 Å². The number of nitrogens with one attached hydrogen (secondary N) is 1. The maximum atomic E-state index is 15.0. The zero-order valence-electron chi connectivity index (χ0n) is 15.9. The second kappa shape index (κ2) is 6.79. The lowest BCUT2D eigenvalue weighted by molar-refractivity contribution is -0.119. The first-order valence-electron chi connectivity index (χ1n) is 9.47. The Bertz CT molecular complexity index is 782. The van der Waals surface area contributed by atoms with E-state index in [-0.39, 0.29) is 35.7 Å². The first kappa shape index (κ1) is 18.8. The summed E-state index contributed by atoms with van der Waals surface area (Å²) in [5.41, 5.74) is 0.321. The summed E-state index contributed by atoms with van der Waals surface area (Å²) >= 11 is 0. The monoisotopic (exact) mass is 393 g/mol. The number of amides is 3. The molecule has 4 rings (SSSR count). The lowest BCUT2D eigenvalue weighted by Gasteiger charge is -2.28. The first-order valence-corrected chi connectivity index (χ1v) is 9.47. The predicted octanol–water partition coefficient (Wildman–Crippen LogP) is 1.58. The van der Waals surface area contributed by atoms with E-state index >= 15 is 0 Å². The lowest BCUT2D eigenvalue weighted by Crippen LogP contribution is -2.38. The summed E-state index contributed by atoms with van der Waals surface area (Å²) in [5.74, 6) is -0.266. The first-order chi connectivity index (χ1) is 13.3. The Morgan fingerprint density at radius 2 is 2.21 bits per heavy atom. The van der Waals surface area contributed by atoms with Crippen molar-refractivity contribution in [3.05, 3.63) is 23.6 Å². The zero-order valence-corrected chi connectivity index (χ0v) is 15.9. The van der Waals surface area contributed by atoms with E-state index < -0.39 is 18.2 Å². The van der Waals surface area contributed by atoms with Crippen molar-refractivity contribution in [2.24, 2.45) is 11.3 Å². The van der Waals surface area contributed by atoms with Gasteiger partial charge in [0.2, 0.25) is 5.91 Å². The molecule has 0 radical (unpaired) electrons. The summed E-state index contributed by atoms with van der Waals surface area (Å²) in [6.07, 6.45) is 3.38. The van der Waals surface area contributed by atoms with Crippen LogP contribution in [0.15, 0.2) is 23.6 Å². The molecule has 2 aliphatic carbocycles. The summed E-state index contributed by atoms with van der Waals surface area (Å²) in [6, 6.07) is -0.412. The molecule has 0 aromatic rings. The molecule has 2 saturated heterocycles. The molecule has 28 heavy (non-hydrogen) atoms. The summed E-state index contributed by atoms with van der Waals surface area (Å²) < 4.78 is 25.0. The molecule has 1 N–H and O–H groups in total. The van der Waals surface area contributed by atoms with E-state index in [0.29, 0.717) is 31.6 Å². The number of methoxy groups -OCH3 is 1. The molecule has 0 aromatic carbocycles. The molecule has 1 saturated carbocycles. The number of fused-ring (bicyclic) bond motifs is 1. The van der Waals surface area contributed by atoms with Gasteiger partial charge in [0.05, 0.1) is 26.2 Å². The summed E-state index contributed by atoms with van der Waals surface area (Å²) in [7, 11) is 1.35. The van der Waals surface area contributed by atoms with Gasteiger partial charge in [0.1, 0.15) is 11.9 Å². The van der Waals surface area contributed by atoms with Crippen LogP contribution in [-0.4, -0.2) is 73.3 Å². The van der Waals surface area contributed by atoms with Crippen LogP contribution in [0.1, 0.15) is 19.8 Å². The second-order valence-electron chi connectivity index (χ2n) is 7.94. The number of likely N-dealkylation sites (tertiary alicyclic amines) is 1. The highest BCUT2D eigenvalue weighted by molar-refractivity contribution is 5.74. The van der Waals surface area contributed by atoms with Gasteiger partial charge in [0.25, 0.3) is 0 Å². The molecule has 2 aliphatic heterocycles. The van der Waals surface area contributed by atoms with E-state index in [1.807, 2.05) is 6.08 Å². The Hall–Kier alpha value is -2.58. The molecule has 3 fully saturated rings. The van der Waals surface area contributed by atoms with Crippen LogP contribution in [-0.2, 0) is 14.3 Å².